The van der Waals surface area contributed by atoms with Crippen molar-refractivity contribution >= 4 is 22.6 Å². The lowest BCUT2D eigenvalue weighted by atomic mass is 9.85. The molecule has 0 fully saturated rings. The largest absolute Gasteiger partial charge is 0.460 e. The molecule has 0 aromatic rings. The van der Waals surface area contributed by atoms with Gasteiger partial charge in [-0.05, 0) is 6.42 Å². The molecular formula is C17H14F21I. The Morgan fingerprint density at radius 2 is 0.718 bits per heavy atom. The molecule has 0 bridgehead atoms. The first-order chi connectivity index (χ1) is 16.7. The Balaban J connectivity index is 6.79. The van der Waals surface area contributed by atoms with Gasteiger partial charge in [0.25, 0.3) is 0 Å². The van der Waals surface area contributed by atoms with Crippen LogP contribution in [0.2, 0.25) is 0 Å². The highest BCUT2D eigenvalue weighted by molar-refractivity contribution is 14.1. The maximum absolute atomic E-state index is 13.9. The van der Waals surface area contributed by atoms with Crippen LogP contribution in [0.25, 0.3) is 0 Å². The third kappa shape index (κ3) is 5.69. The van der Waals surface area contributed by atoms with E-state index in [1.54, 1.807) is 0 Å². The summed E-state index contributed by atoms with van der Waals surface area (Å²) in [5.74, 6) is -76.3. The van der Waals surface area contributed by atoms with Crippen LogP contribution in [0, 0.1) is 0 Å². The van der Waals surface area contributed by atoms with Gasteiger partial charge in [-0.1, -0.05) is 48.8 Å². The second-order valence-corrected chi connectivity index (χ2v) is 9.86. The summed E-state index contributed by atoms with van der Waals surface area (Å²) in [6.45, 7) is 1.53. The predicted octanol–water partition coefficient (Wildman–Crippen LogP) is 10.0. The molecule has 39 heavy (non-hydrogen) atoms. The molecule has 0 aliphatic heterocycles. The van der Waals surface area contributed by atoms with Crippen LogP contribution in [0.1, 0.15) is 39.0 Å². The standard InChI is InChI=1S/C17H14F21I/c1-2-3-4-5-7(39)6-8(18,19)9(20,21)10(22,23)11(24,25)12(26,27)13(28,29)14(30,31)15(32,33)16(34,35)17(36,37)38/h7H,2-6H2,1H3. The first-order valence-corrected chi connectivity index (χ1v) is 11.1. The van der Waals surface area contributed by atoms with Crippen molar-refractivity contribution in [3.05, 3.63) is 0 Å². The van der Waals surface area contributed by atoms with E-state index < -0.39 is 76.2 Å². The Hall–Kier alpha value is -0.740. The quantitative estimate of drug-likeness (QED) is 0.0720. The third-order valence-electron chi connectivity index (χ3n) is 5.17. The van der Waals surface area contributed by atoms with Gasteiger partial charge < -0.3 is 0 Å². The van der Waals surface area contributed by atoms with Crippen LogP contribution < -0.4 is 0 Å². The minimum Gasteiger partial charge on any atom is -0.200 e. The van der Waals surface area contributed by atoms with Crippen LogP contribution >= 0.6 is 22.6 Å². The van der Waals surface area contributed by atoms with E-state index in [1.165, 1.54) is 6.92 Å². The zero-order valence-electron chi connectivity index (χ0n) is 18.4. The maximum Gasteiger partial charge on any atom is 0.460 e. The van der Waals surface area contributed by atoms with Crippen LogP contribution in [0.3, 0.4) is 0 Å². The molecule has 0 saturated carbocycles. The van der Waals surface area contributed by atoms with Gasteiger partial charge in [-0.25, -0.2) is 0 Å². The second-order valence-electron chi connectivity index (χ2n) is 8.09. The summed E-state index contributed by atoms with van der Waals surface area (Å²) < 4.78 is 278. The van der Waals surface area contributed by atoms with Crippen LogP contribution in [-0.2, 0) is 0 Å². The van der Waals surface area contributed by atoms with Gasteiger partial charge in [-0.3, -0.25) is 0 Å². The molecule has 0 aromatic heterocycles. The first-order valence-electron chi connectivity index (χ1n) is 9.81. The summed E-state index contributed by atoms with van der Waals surface area (Å²) in [5, 5.41) is 0. The molecule has 0 saturated heterocycles. The lowest BCUT2D eigenvalue weighted by molar-refractivity contribution is -0.474. The number of hydrogen-bond donors (Lipinski definition) is 0. The molecule has 0 N–H and O–H groups in total. The van der Waals surface area contributed by atoms with Crippen LogP contribution in [0.5, 0.6) is 0 Å². The molecular weight excluding hydrogens is 730 g/mol. The molecule has 0 nitrogen and oxygen atoms in total. The van der Waals surface area contributed by atoms with Gasteiger partial charge in [0.05, 0.1) is 0 Å². The van der Waals surface area contributed by atoms with E-state index in [9.17, 15) is 92.2 Å². The molecule has 236 valence electrons. The van der Waals surface area contributed by atoms with Gasteiger partial charge in [0.15, 0.2) is 0 Å². The number of hydrogen-bond acceptors (Lipinski definition) is 0. The molecule has 22 heteroatoms. The Labute approximate surface area is 217 Å². The molecule has 0 amide bonds. The zero-order chi connectivity index (χ0) is 32.1. The summed E-state index contributed by atoms with van der Waals surface area (Å²) in [4.78, 5) is 0. The molecule has 0 aromatic carbocycles. The van der Waals surface area contributed by atoms with Gasteiger partial charge in [0, 0.05) is 10.3 Å². The lowest BCUT2D eigenvalue weighted by Gasteiger charge is -2.44. The van der Waals surface area contributed by atoms with Crippen LogP contribution in [0.4, 0.5) is 92.2 Å². The normalized spacial score (nSPS) is 17.0. The van der Waals surface area contributed by atoms with E-state index in [4.69, 9.17) is 0 Å². The average molecular weight is 744 g/mol. The van der Waals surface area contributed by atoms with E-state index in [0.29, 0.717) is 6.42 Å². The van der Waals surface area contributed by atoms with E-state index in [0.717, 1.165) is 22.6 Å². The molecule has 1 atom stereocenters. The molecule has 0 heterocycles. The smallest absolute Gasteiger partial charge is 0.200 e. The Kier molecular flexibility index (Phi) is 10.6. The minimum absolute atomic E-state index is 0.0611. The van der Waals surface area contributed by atoms with Gasteiger partial charge in [-0.2, -0.15) is 92.2 Å². The van der Waals surface area contributed by atoms with Crippen molar-refractivity contribution in [3.63, 3.8) is 0 Å². The Bertz CT molecular complexity index is 827. The summed E-state index contributed by atoms with van der Waals surface area (Å²) in [5.41, 5.74) is 0. The summed E-state index contributed by atoms with van der Waals surface area (Å²) in [7, 11) is 0. The highest BCUT2D eigenvalue weighted by Gasteiger charge is 2.97. The number of halogens is 22. The SMILES string of the molecule is CCCCCC(I)CC(F)(F)C(F)(F)C(F)(F)C(F)(F)C(F)(F)C(F)(F)C(F)(F)C(F)(F)C(F)(F)C(F)(F)F. The highest BCUT2D eigenvalue weighted by atomic mass is 127. The van der Waals surface area contributed by atoms with Gasteiger partial charge in [0.2, 0.25) is 0 Å². The second kappa shape index (κ2) is 10.8. The molecule has 0 aliphatic rings. The van der Waals surface area contributed by atoms with Crippen molar-refractivity contribution in [3.8, 4) is 0 Å². The minimum atomic E-state index is -9.14. The fourth-order valence-electron chi connectivity index (χ4n) is 2.71. The Morgan fingerprint density at radius 3 is 1.00 bits per heavy atom. The maximum atomic E-state index is 13.9. The first kappa shape index (κ1) is 38.3. The summed E-state index contributed by atoms with van der Waals surface area (Å²) in [6.07, 6.45) is -10.5. The molecule has 0 rings (SSSR count). The van der Waals surface area contributed by atoms with E-state index >= 15 is 0 Å². The van der Waals surface area contributed by atoms with Crippen molar-refractivity contribution in [2.45, 2.75) is 102 Å². The fourth-order valence-corrected chi connectivity index (χ4v) is 3.71. The topological polar surface area (TPSA) is 0 Å². The van der Waals surface area contributed by atoms with Crippen molar-refractivity contribution in [1.82, 2.24) is 0 Å². The van der Waals surface area contributed by atoms with Crippen LogP contribution in [-0.4, -0.2) is 63.4 Å². The van der Waals surface area contributed by atoms with E-state index in [-0.39, 0.29) is 12.8 Å². The molecule has 0 radical (unpaired) electrons. The molecule has 0 aliphatic carbocycles. The summed E-state index contributed by atoms with van der Waals surface area (Å²) in [6, 6.07) is 0. The van der Waals surface area contributed by atoms with Gasteiger partial charge in [-0.15, -0.1) is 0 Å². The number of alkyl halides is 22. The monoisotopic (exact) mass is 744 g/mol. The van der Waals surface area contributed by atoms with Crippen molar-refractivity contribution in [2.24, 2.45) is 0 Å². The third-order valence-corrected chi connectivity index (χ3v) is 6.24. The van der Waals surface area contributed by atoms with E-state index in [2.05, 4.69) is 0 Å². The lowest BCUT2D eigenvalue weighted by Crippen LogP contribution is -2.76. The molecule has 1 unspecified atom stereocenters. The van der Waals surface area contributed by atoms with Crippen molar-refractivity contribution < 1.29 is 92.2 Å². The predicted molar refractivity (Wildman–Crippen MR) is 97.1 cm³/mol. The molecule has 0 spiro atoms. The Morgan fingerprint density at radius 1 is 0.436 bits per heavy atom. The van der Waals surface area contributed by atoms with Crippen molar-refractivity contribution in [1.29, 1.82) is 0 Å². The summed E-state index contributed by atoms with van der Waals surface area (Å²) >= 11 is 0.898. The van der Waals surface area contributed by atoms with Gasteiger partial charge in [0.1, 0.15) is 0 Å². The van der Waals surface area contributed by atoms with Crippen LogP contribution in [0.15, 0.2) is 0 Å². The van der Waals surface area contributed by atoms with Gasteiger partial charge >= 0.3 is 59.5 Å². The number of unbranched alkanes of at least 4 members (excludes halogenated alkanes) is 2. The number of rotatable bonds is 14. The van der Waals surface area contributed by atoms with Crippen molar-refractivity contribution in [2.75, 3.05) is 0 Å². The average Bonchev–Trinajstić information content (AvgIpc) is 2.71. The zero-order valence-corrected chi connectivity index (χ0v) is 20.6. The van der Waals surface area contributed by atoms with E-state index in [1.807, 2.05) is 0 Å². The fraction of sp³-hybridized carbons (Fsp3) is 1.00. The highest BCUT2D eigenvalue weighted by Crippen LogP contribution is 2.66.